The summed E-state index contributed by atoms with van der Waals surface area (Å²) in [6.45, 7) is 0. The smallest absolute Gasteiger partial charge is 0.164 e. The number of hydrogen-bond donors (Lipinski definition) is 0. The van der Waals surface area contributed by atoms with E-state index >= 15 is 0 Å². The highest BCUT2D eigenvalue weighted by atomic mass is 16.3. The Balaban J connectivity index is 1.00. The summed E-state index contributed by atoms with van der Waals surface area (Å²) in [6.07, 6.45) is 0. The van der Waals surface area contributed by atoms with Crippen molar-refractivity contribution in [1.82, 2.24) is 19.5 Å². The van der Waals surface area contributed by atoms with Crippen LogP contribution in [0, 0.1) is 0 Å². The van der Waals surface area contributed by atoms with Gasteiger partial charge in [-0.1, -0.05) is 170 Å². The fourth-order valence-corrected chi connectivity index (χ4v) is 11.0. The van der Waals surface area contributed by atoms with Crippen LogP contribution in [0.4, 0.5) is 0 Å². The highest BCUT2D eigenvalue weighted by molar-refractivity contribution is 6.24. The van der Waals surface area contributed by atoms with Crippen LogP contribution in [0.15, 0.2) is 223 Å². The summed E-state index contributed by atoms with van der Waals surface area (Å²) < 4.78 is 9.44. The van der Waals surface area contributed by atoms with Crippen LogP contribution in [-0.4, -0.2) is 19.5 Å². The lowest BCUT2D eigenvalue weighted by Gasteiger charge is -2.13. The molecular weight excluding hydrogens is 829 g/mol. The normalized spacial score (nSPS) is 12.1. The van der Waals surface area contributed by atoms with E-state index in [1.165, 1.54) is 64.6 Å². The van der Waals surface area contributed by atoms with Crippen LogP contribution in [0.3, 0.4) is 0 Å². The van der Waals surface area contributed by atoms with E-state index < -0.39 is 0 Å². The van der Waals surface area contributed by atoms with Crippen LogP contribution in [0.25, 0.3) is 148 Å². The Hall–Kier alpha value is -9.19. The van der Waals surface area contributed by atoms with E-state index in [1.807, 2.05) is 6.07 Å². The van der Waals surface area contributed by atoms with Crippen molar-refractivity contribution in [3.63, 3.8) is 0 Å². The molecule has 0 saturated carbocycles. The first-order chi connectivity index (χ1) is 33.7. The lowest BCUT2D eigenvalue weighted by atomic mass is 9.99. The molecule has 0 radical (unpaired) electrons. The van der Waals surface area contributed by atoms with Crippen molar-refractivity contribution < 1.29 is 4.42 Å². The third-order valence-corrected chi connectivity index (χ3v) is 14.2. The van der Waals surface area contributed by atoms with Crippen LogP contribution in [0.5, 0.6) is 0 Å². The maximum absolute atomic E-state index is 7.05. The number of rotatable bonds is 4. The molecule has 0 atom stereocenters. The van der Waals surface area contributed by atoms with Crippen molar-refractivity contribution >= 4 is 108 Å². The molecule has 3 heterocycles. The van der Waals surface area contributed by atoms with Gasteiger partial charge in [-0.2, -0.15) is 0 Å². The van der Waals surface area contributed by atoms with Crippen molar-refractivity contribution in [3.8, 4) is 39.9 Å². The summed E-state index contributed by atoms with van der Waals surface area (Å²) in [5.74, 6) is 1.78. The molecule has 314 valence electrons. The summed E-state index contributed by atoms with van der Waals surface area (Å²) in [5.41, 5.74) is 7.44. The first kappa shape index (κ1) is 37.1. The van der Waals surface area contributed by atoms with Gasteiger partial charge in [0.25, 0.3) is 0 Å². The van der Waals surface area contributed by atoms with Gasteiger partial charge in [0.2, 0.25) is 0 Å². The predicted molar refractivity (Wildman–Crippen MR) is 283 cm³/mol. The Morgan fingerprint density at radius 1 is 0.309 bits per heavy atom. The standard InChI is InChI=1S/C63H36N4O/c1-2-15-41-36-56-53(35-40(41)14-1)58-50-18-8-5-13-39(50)27-31-54(58)67(56)55-32-30-52(59-51-19-9-10-20-57(51)68-60(55)59)63-65-61(44-25-28-48-42(33-44)23-21-37-11-3-6-16-46(37)48)64-62(66-63)45-26-29-49-43(34-45)24-22-38-12-4-7-17-47(38)49/h1-36H. The van der Waals surface area contributed by atoms with E-state index in [0.717, 1.165) is 66.1 Å². The van der Waals surface area contributed by atoms with E-state index in [9.17, 15) is 0 Å². The molecule has 0 unspecified atom stereocenters. The number of hydrogen-bond acceptors (Lipinski definition) is 4. The number of para-hydroxylation sites is 1. The van der Waals surface area contributed by atoms with Gasteiger partial charge in [-0.05, 0) is 113 Å². The van der Waals surface area contributed by atoms with Crippen LogP contribution in [0.1, 0.15) is 0 Å². The van der Waals surface area contributed by atoms with Gasteiger partial charge in [-0.3, -0.25) is 0 Å². The van der Waals surface area contributed by atoms with E-state index in [4.69, 9.17) is 19.4 Å². The Bertz CT molecular complexity index is 4500. The zero-order valence-corrected chi connectivity index (χ0v) is 36.5. The number of nitrogens with zero attached hydrogens (tertiary/aromatic N) is 4. The fourth-order valence-electron chi connectivity index (χ4n) is 11.0. The first-order valence-electron chi connectivity index (χ1n) is 23.1. The summed E-state index contributed by atoms with van der Waals surface area (Å²) in [5, 5.41) is 18.7. The van der Waals surface area contributed by atoms with Gasteiger partial charge in [0.05, 0.1) is 16.7 Å². The zero-order chi connectivity index (χ0) is 44.5. The number of fused-ring (bicyclic) bond motifs is 15. The molecule has 0 aliphatic rings. The molecule has 0 aliphatic carbocycles. The molecule has 0 bridgehead atoms. The molecule has 15 rings (SSSR count). The Morgan fingerprint density at radius 2 is 0.809 bits per heavy atom. The maximum Gasteiger partial charge on any atom is 0.164 e. The summed E-state index contributed by atoms with van der Waals surface area (Å²) >= 11 is 0. The third-order valence-electron chi connectivity index (χ3n) is 14.2. The summed E-state index contributed by atoms with van der Waals surface area (Å²) in [6, 6.07) is 78.1. The zero-order valence-electron chi connectivity index (χ0n) is 36.5. The van der Waals surface area contributed by atoms with Crippen LogP contribution >= 0.6 is 0 Å². The predicted octanol–water partition coefficient (Wildman–Crippen LogP) is 16.8. The Morgan fingerprint density at radius 3 is 1.47 bits per heavy atom. The third kappa shape index (κ3) is 5.47. The van der Waals surface area contributed by atoms with E-state index in [1.54, 1.807) is 0 Å². The second-order valence-corrected chi connectivity index (χ2v) is 17.9. The maximum atomic E-state index is 7.05. The second-order valence-electron chi connectivity index (χ2n) is 17.9. The van der Waals surface area contributed by atoms with E-state index in [2.05, 4.69) is 217 Å². The molecule has 5 nitrogen and oxygen atoms in total. The largest absolute Gasteiger partial charge is 0.454 e. The molecule has 3 aromatic heterocycles. The van der Waals surface area contributed by atoms with Crippen molar-refractivity contribution in [2.75, 3.05) is 0 Å². The molecule has 0 spiro atoms. The highest BCUT2D eigenvalue weighted by Crippen LogP contribution is 2.45. The van der Waals surface area contributed by atoms with E-state index in [-0.39, 0.29) is 0 Å². The molecular formula is C63H36N4O. The SMILES string of the molecule is c1ccc2cc3c(cc2c1)c1c2ccccc2ccc1n3-c1ccc(-c2nc(-c3ccc4c(ccc5ccccc54)c3)nc(-c3ccc4c(ccc5ccccc54)c3)n2)c2c1oc1ccccc12. The van der Waals surface area contributed by atoms with Gasteiger partial charge in [0.15, 0.2) is 23.1 Å². The molecule has 68 heavy (non-hydrogen) atoms. The molecule has 12 aromatic carbocycles. The van der Waals surface area contributed by atoms with Crippen molar-refractivity contribution in [2.24, 2.45) is 0 Å². The molecule has 0 aliphatic heterocycles. The average Bonchev–Trinajstić information content (AvgIpc) is 3.95. The van der Waals surface area contributed by atoms with Gasteiger partial charge in [-0.25, -0.2) is 15.0 Å². The number of aromatic nitrogens is 4. The van der Waals surface area contributed by atoms with Gasteiger partial charge < -0.3 is 8.98 Å². The molecule has 0 N–H and O–H groups in total. The number of benzene rings is 12. The summed E-state index contributed by atoms with van der Waals surface area (Å²) in [4.78, 5) is 16.1. The molecule has 0 fully saturated rings. The topological polar surface area (TPSA) is 56.7 Å². The number of furan rings is 1. The molecule has 15 aromatic rings. The average molecular weight is 865 g/mol. The van der Waals surface area contributed by atoms with Gasteiger partial charge in [0.1, 0.15) is 5.58 Å². The first-order valence-corrected chi connectivity index (χ1v) is 23.1. The highest BCUT2D eigenvalue weighted by Gasteiger charge is 2.24. The molecule has 0 amide bonds. The summed E-state index contributed by atoms with van der Waals surface area (Å²) in [7, 11) is 0. The second kappa shape index (κ2) is 14.2. The van der Waals surface area contributed by atoms with Crippen molar-refractivity contribution in [1.29, 1.82) is 0 Å². The Labute approximate surface area is 388 Å². The van der Waals surface area contributed by atoms with Gasteiger partial charge in [0, 0.05) is 38.2 Å². The Kier molecular flexibility index (Phi) is 7.72. The fraction of sp³-hybridized carbons (Fsp3) is 0. The van der Waals surface area contributed by atoms with E-state index in [0.29, 0.717) is 17.5 Å². The lowest BCUT2D eigenvalue weighted by Crippen LogP contribution is -2.01. The molecule has 0 saturated heterocycles. The van der Waals surface area contributed by atoms with Crippen molar-refractivity contribution in [3.05, 3.63) is 218 Å². The monoisotopic (exact) mass is 864 g/mol. The van der Waals surface area contributed by atoms with Gasteiger partial charge in [-0.15, -0.1) is 0 Å². The minimum absolute atomic E-state index is 0.574. The minimum atomic E-state index is 0.574. The van der Waals surface area contributed by atoms with Gasteiger partial charge >= 0.3 is 0 Å². The van der Waals surface area contributed by atoms with Crippen LogP contribution in [0.2, 0.25) is 0 Å². The quantitative estimate of drug-likeness (QED) is 0.165. The minimum Gasteiger partial charge on any atom is -0.454 e. The lowest BCUT2D eigenvalue weighted by molar-refractivity contribution is 0.666. The van der Waals surface area contributed by atoms with Crippen LogP contribution < -0.4 is 0 Å². The molecule has 5 heteroatoms. The van der Waals surface area contributed by atoms with Crippen LogP contribution in [-0.2, 0) is 0 Å². The van der Waals surface area contributed by atoms with Crippen molar-refractivity contribution in [2.45, 2.75) is 0 Å².